The molecule has 0 radical (unpaired) electrons. The Morgan fingerprint density at radius 1 is 1.37 bits per heavy atom. The summed E-state index contributed by atoms with van der Waals surface area (Å²) >= 11 is 5.94. The monoisotopic (exact) mass is 284 g/mol. The molecule has 2 N–H and O–H groups in total. The normalized spacial score (nSPS) is 10.7. The summed E-state index contributed by atoms with van der Waals surface area (Å²) in [5.74, 6) is -0.399. The largest absolute Gasteiger partial charge is 0.462 e. The fourth-order valence-electron chi connectivity index (χ4n) is 1.77. The molecular formula is C14H21ClN2O2. The van der Waals surface area contributed by atoms with Crippen molar-refractivity contribution in [2.45, 2.75) is 20.3 Å². The molecule has 0 fully saturated rings. The van der Waals surface area contributed by atoms with Gasteiger partial charge in [-0.2, -0.15) is 0 Å². The molecule has 106 valence electrons. The highest BCUT2D eigenvalue weighted by molar-refractivity contribution is 6.33. The van der Waals surface area contributed by atoms with Crippen LogP contribution in [0.3, 0.4) is 0 Å². The summed E-state index contributed by atoms with van der Waals surface area (Å²) in [4.78, 5) is 14.1. The maximum Gasteiger partial charge on any atom is 0.339 e. The number of ether oxygens (including phenoxy) is 1. The number of rotatable bonds is 7. The first-order chi connectivity index (χ1) is 9.08. The highest BCUT2D eigenvalue weighted by atomic mass is 35.5. The molecule has 0 saturated heterocycles. The minimum absolute atomic E-state index is 0.328. The van der Waals surface area contributed by atoms with Gasteiger partial charge in [-0.1, -0.05) is 25.4 Å². The molecule has 0 aliphatic heterocycles. The van der Waals surface area contributed by atoms with E-state index in [-0.39, 0.29) is 0 Å². The lowest BCUT2D eigenvalue weighted by atomic mass is 10.2. The van der Waals surface area contributed by atoms with E-state index in [1.807, 2.05) is 0 Å². The van der Waals surface area contributed by atoms with Crippen molar-refractivity contribution in [2.75, 3.05) is 32.0 Å². The number of hydrogen-bond acceptors (Lipinski definition) is 4. The van der Waals surface area contributed by atoms with E-state index < -0.39 is 5.97 Å². The van der Waals surface area contributed by atoms with Crippen LogP contribution in [0, 0.1) is 0 Å². The molecule has 0 heterocycles. The number of nitrogens with zero attached hydrogens (tertiary/aromatic N) is 1. The molecule has 4 nitrogen and oxygen atoms in total. The fraction of sp³-hybridized carbons (Fsp3) is 0.500. The van der Waals surface area contributed by atoms with Crippen LogP contribution in [0.2, 0.25) is 5.02 Å². The second kappa shape index (κ2) is 8.02. The Hall–Kier alpha value is -1.26. The average Bonchev–Trinajstić information content (AvgIpc) is 2.38. The summed E-state index contributed by atoms with van der Waals surface area (Å²) in [7, 11) is 0. The van der Waals surface area contributed by atoms with Crippen molar-refractivity contribution in [1.82, 2.24) is 4.90 Å². The number of esters is 1. The zero-order chi connectivity index (χ0) is 14.3. The van der Waals surface area contributed by atoms with Crippen molar-refractivity contribution in [1.29, 1.82) is 0 Å². The Labute approximate surface area is 119 Å². The van der Waals surface area contributed by atoms with Gasteiger partial charge in [0.25, 0.3) is 0 Å². The van der Waals surface area contributed by atoms with Crippen molar-refractivity contribution in [3.8, 4) is 0 Å². The van der Waals surface area contributed by atoms with Crippen LogP contribution < -0.4 is 5.73 Å². The summed E-state index contributed by atoms with van der Waals surface area (Å²) < 4.78 is 5.20. The quantitative estimate of drug-likeness (QED) is 0.475. The molecule has 0 spiro atoms. The maximum atomic E-state index is 11.8. The van der Waals surface area contributed by atoms with E-state index in [1.165, 1.54) is 0 Å². The van der Waals surface area contributed by atoms with Gasteiger partial charge < -0.3 is 15.4 Å². The summed E-state index contributed by atoms with van der Waals surface area (Å²) in [6.07, 6.45) is 0.819. The first-order valence-electron chi connectivity index (χ1n) is 6.53. The first-order valence-corrected chi connectivity index (χ1v) is 6.90. The summed E-state index contributed by atoms with van der Waals surface area (Å²) in [5, 5.41) is 0.328. The second-order valence-electron chi connectivity index (χ2n) is 4.26. The standard InChI is InChI=1S/C14H21ClN2O2/c1-3-17(4-2)8-5-9-19-14(18)12-7-6-11(16)10-13(12)15/h6-7,10H,3-5,8-9,16H2,1-2H3. The van der Waals surface area contributed by atoms with Crippen LogP contribution in [0.25, 0.3) is 0 Å². The molecule has 0 aliphatic carbocycles. The number of carbonyl (C=O) groups is 1. The third-order valence-electron chi connectivity index (χ3n) is 2.96. The van der Waals surface area contributed by atoms with Gasteiger partial charge in [-0.15, -0.1) is 0 Å². The van der Waals surface area contributed by atoms with Crippen LogP contribution in [-0.2, 0) is 4.74 Å². The predicted octanol–water partition coefficient (Wildman–Crippen LogP) is 2.81. The fourth-order valence-corrected chi connectivity index (χ4v) is 2.03. The van der Waals surface area contributed by atoms with E-state index >= 15 is 0 Å². The molecule has 1 aromatic rings. The van der Waals surface area contributed by atoms with Gasteiger partial charge >= 0.3 is 5.97 Å². The lowest BCUT2D eigenvalue weighted by Gasteiger charge is -2.17. The third kappa shape index (κ3) is 5.09. The molecule has 0 atom stereocenters. The maximum absolute atomic E-state index is 11.8. The summed E-state index contributed by atoms with van der Waals surface area (Å²) in [6.45, 7) is 7.57. The van der Waals surface area contributed by atoms with Gasteiger partial charge in [-0.05, 0) is 37.7 Å². The van der Waals surface area contributed by atoms with Crippen molar-refractivity contribution in [3.63, 3.8) is 0 Å². The Balaban J connectivity index is 2.39. The van der Waals surface area contributed by atoms with Gasteiger partial charge in [0.15, 0.2) is 0 Å². The minimum atomic E-state index is -0.399. The zero-order valence-electron chi connectivity index (χ0n) is 11.5. The van der Waals surface area contributed by atoms with Gasteiger partial charge in [0.2, 0.25) is 0 Å². The third-order valence-corrected chi connectivity index (χ3v) is 3.27. The van der Waals surface area contributed by atoms with E-state index in [9.17, 15) is 4.79 Å². The number of hydrogen-bond donors (Lipinski definition) is 1. The molecule has 0 amide bonds. The van der Waals surface area contributed by atoms with E-state index in [0.29, 0.717) is 22.9 Å². The van der Waals surface area contributed by atoms with Crippen LogP contribution in [0.1, 0.15) is 30.6 Å². The van der Waals surface area contributed by atoms with Crippen molar-refractivity contribution >= 4 is 23.3 Å². The van der Waals surface area contributed by atoms with Crippen LogP contribution in [0.4, 0.5) is 5.69 Å². The Morgan fingerprint density at radius 2 is 2.05 bits per heavy atom. The average molecular weight is 285 g/mol. The number of nitrogens with two attached hydrogens (primary N) is 1. The molecule has 5 heteroatoms. The van der Waals surface area contributed by atoms with E-state index in [2.05, 4.69) is 18.7 Å². The lowest BCUT2D eigenvalue weighted by molar-refractivity contribution is 0.0489. The van der Waals surface area contributed by atoms with Gasteiger partial charge in [-0.25, -0.2) is 4.79 Å². The highest BCUT2D eigenvalue weighted by Gasteiger charge is 2.11. The van der Waals surface area contributed by atoms with Crippen LogP contribution in [0.15, 0.2) is 18.2 Å². The second-order valence-corrected chi connectivity index (χ2v) is 4.66. The number of halogens is 1. The number of carbonyl (C=O) groups excluding carboxylic acids is 1. The predicted molar refractivity (Wildman–Crippen MR) is 78.6 cm³/mol. The molecule has 0 bridgehead atoms. The van der Waals surface area contributed by atoms with Gasteiger partial charge in [0.05, 0.1) is 17.2 Å². The Morgan fingerprint density at radius 3 is 2.63 bits per heavy atom. The smallest absolute Gasteiger partial charge is 0.339 e. The molecule has 0 aromatic heterocycles. The lowest BCUT2D eigenvalue weighted by Crippen LogP contribution is -2.25. The van der Waals surface area contributed by atoms with Crippen LogP contribution in [-0.4, -0.2) is 37.1 Å². The minimum Gasteiger partial charge on any atom is -0.462 e. The Bertz CT molecular complexity index is 420. The van der Waals surface area contributed by atoms with E-state index in [0.717, 1.165) is 26.1 Å². The summed E-state index contributed by atoms with van der Waals surface area (Å²) in [5.41, 5.74) is 6.46. The molecule has 1 aromatic carbocycles. The van der Waals surface area contributed by atoms with Gasteiger partial charge in [0.1, 0.15) is 0 Å². The van der Waals surface area contributed by atoms with Crippen LogP contribution >= 0.6 is 11.6 Å². The van der Waals surface area contributed by atoms with Gasteiger partial charge in [-0.3, -0.25) is 0 Å². The van der Waals surface area contributed by atoms with Gasteiger partial charge in [0, 0.05) is 12.2 Å². The van der Waals surface area contributed by atoms with E-state index in [4.69, 9.17) is 22.1 Å². The molecule has 0 saturated carbocycles. The Kier molecular flexibility index (Phi) is 6.67. The van der Waals surface area contributed by atoms with Crippen molar-refractivity contribution in [3.05, 3.63) is 28.8 Å². The van der Waals surface area contributed by atoms with E-state index in [1.54, 1.807) is 18.2 Å². The summed E-state index contributed by atoms with van der Waals surface area (Å²) in [6, 6.07) is 4.77. The highest BCUT2D eigenvalue weighted by Crippen LogP contribution is 2.19. The molecule has 19 heavy (non-hydrogen) atoms. The van der Waals surface area contributed by atoms with Crippen molar-refractivity contribution < 1.29 is 9.53 Å². The molecule has 0 aliphatic rings. The van der Waals surface area contributed by atoms with Crippen LogP contribution in [0.5, 0.6) is 0 Å². The SMILES string of the molecule is CCN(CC)CCCOC(=O)c1ccc(N)cc1Cl. The topological polar surface area (TPSA) is 55.6 Å². The van der Waals surface area contributed by atoms with Crippen molar-refractivity contribution in [2.24, 2.45) is 0 Å². The number of nitrogen functional groups attached to an aromatic ring is 1. The molecule has 0 unspecified atom stereocenters. The number of benzene rings is 1. The molecule has 1 rings (SSSR count). The number of anilines is 1. The molecular weight excluding hydrogens is 264 g/mol. The first kappa shape index (κ1) is 15.8. The zero-order valence-corrected chi connectivity index (χ0v) is 12.2.